The van der Waals surface area contributed by atoms with Crippen LogP contribution in [0.1, 0.15) is 5.89 Å². The minimum Gasteiger partial charge on any atom is -0.493 e. The van der Waals surface area contributed by atoms with E-state index in [0.29, 0.717) is 41.1 Å². The smallest absolute Gasteiger partial charge is 0.241 e. The molecule has 1 saturated heterocycles. The monoisotopic (exact) mass is 428 g/mol. The van der Waals surface area contributed by atoms with Crippen molar-refractivity contribution in [2.45, 2.75) is 6.54 Å². The number of anilines is 1. The van der Waals surface area contributed by atoms with Crippen LogP contribution in [0.15, 0.2) is 40.9 Å². The maximum atomic E-state index is 13.1. The van der Waals surface area contributed by atoms with Gasteiger partial charge in [-0.05, 0) is 36.4 Å². The van der Waals surface area contributed by atoms with Gasteiger partial charge in [-0.2, -0.15) is 4.98 Å². The topological polar surface area (TPSA) is 73.1 Å². The van der Waals surface area contributed by atoms with Crippen LogP contribution in [0.2, 0.25) is 0 Å². The van der Waals surface area contributed by atoms with E-state index in [-0.39, 0.29) is 5.82 Å². The predicted octanol–water partition coefficient (Wildman–Crippen LogP) is 3.22. The molecule has 0 radical (unpaired) electrons. The summed E-state index contributed by atoms with van der Waals surface area (Å²) in [5.74, 6) is 2.26. The van der Waals surface area contributed by atoms with E-state index in [1.54, 1.807) is 27.4 Å². The number of ether oxygens (including phenoxy) is 3. The molecule has 1 fully saturated rings. The number of hydrogen-bond donors (Lipinski definition) is 0. The van der Waals surface area contributed by atoms with Crippen LogP contribution in [0.3, 0.4) is 0 Å². The van der Waals surface area contributed by atoms with Crippen LogP contribution in [-0.2, 0) is 6.54 Å². The summed E-state index contributed by atoms with van der Waals surface area (Å²) in [6.45, 7) is 3.93. The van der Waals surface area contributed by atoms with E-state index in [9.17, 15) is 4.39 Å². The zero-order valence-corrected chi connectivity index (χ0v) is 17.8. The van der Waals surface area contributed by atoms with Crippen LogP contribution in [0.5, 0.6) is 17.2 Å². The van der Waals surface area contributed by atoms with Crippen molar-refractivity contribution < 1.29 is 23.1 Å². The van der Waals surface area contributed by atoms with E-state index in [1.807, 2.05) is 18.2 Å². The summed E-state index contributed by atoms with van der Waals surface area (Å²) < 4.78 is 34.9. The Morgan fingerprint density at radius 3 is 2.26 bits per heavy atom. The molecule has 0 bridgehead atoms. The largest absolute Gasteiger partial charge is 0.493 e. The van der Waals surface area contributed by atoms with Gasteiger partial charge in [0.2, 0.25) is 17.5 Å². The number of methoxy groups -OCH3 is 3. The van der Waals surface area contributed by atoms with Gasteiger partial charge in [0.05, 0.1) is 33.4 Å². The van der Waals surface area contributed by atoms with E-state index < -0.39 is 0 Å². The molecule has 2 aromatic carbocycles. The minimum atomic E-state index is -0.222. The first-order valence-corrected chi connectivity index (χ1v) is 9.97. The summed E-state index contributed by atoms with van der Waals surface area (Å²) >= 11 is 0. The van der Waals surface area contributed by atoms with E-state index >= 15 is 0 Å². The van der Waals surface area contributed by atoms with Crippen LogP contribution in [0, 0.1) is 5.82 Å². The molecule has 1 aliphatic heterocycles. The quantitative estimate of drug-likeness (QED) is 0.568. The summed E-state index contributed by atoms with van der Waals surface area (Å²) in [5, 5.41) is 4.13. The fourth-order valence-electron chi connectivity index (χ4n) is 3.71. The lowest BCUT2D eigenvalue weighted by Gasteiger charge is -2.35. The lowest BCUT2D eigenvalue weighted by Crippen LogP contribution is -2.46. The average molecular weight is 428 g/mol. The first kappa shape index (κ1) is 20.9. The Morgan fingerprint density at radius 1 is 0.903 bits per heavy atom. The summed E-state index contributed by atoms with van der Waals surface area (Å²) in [6, 6.07) is 10.2. The number of hydrogen-bond acceptors (Lipinski definition) is 8. The van der Waals surface area contributed by atoms with Gasteiger partial charge >= 0.3 is 0 Å². The molecule has 0 saturated carbocycles. The van der Waals surface area contributed by atoms with Crippen molar-refractivity contribution in [2.24, 2.45) is 0 Å². The Balaban J connectivity index is 1.43. The van der Waals surface area contributed by atoms with Gasteiger partial charge in [0.25, 0.3) is 0 Å². The first-order chi connectivity index (χ1) is 15.1. The van der Waals surface area contributed by atoms with Crippen molar-refractivity contribution in [3.05, 3.63) is 48.1 Å². The van der Waals surface area contributed by atoms with Gasteiger partial charge in [-0.3, -0.25) is 4.90 Å². The van der Waals surface area contributed by atoms with Gasteiger partial charge in [0.1, 0.15) is 5.82 Å². The second-order valence-corrected chi connectivity index (χ2v) is 7.13. The lowest BCUT2D eigenvalue weighted by atomic mass is 10.1. The molecule has 9 heteroatoms. The van der Waals surface area contributed by atoms with E-state index in [0.717, 1.165) is 31.9 Å². The SMILES string of the molecule is COc1ccc(-c2noc(CN3CCN(c4ccc(F)cc4)CC3)n2)c(OC)c1OC. The second-order valence-electron chi connectivity index (χ2n) is 7.13. The summed E-state index contributed by atoms with van der Waals surface area (Å²) in [4.78, 5) is 9.04. The zero-order chi connectivity index (χ0) is 21.8. The highest BCUT2D eigenvalue weighted by Gasteiger charge is 2.23. The molecule has 0 N–H and O–H groups in total. The van der Waals surface area contributed by atoms with Crippen molar-refractivity contribution in [1.29, 1.82) is 0 Å². The fraction of sp³-hybridized carbons (Fsp3) is 0.364. The van der Waals surface area contributed by atoms with Crippen molar-refractivity contribution in [1.82, 2.24) is 15.0 Å². The molecular weight excluding hydrogens is 403 g/mol. The van der Waals surface area contributed by atoms with Crippen molar-refractivity contribution >= 4 is 5.69 Å². The van der Waals surface area contributed by atoms with E-state index in [2.05, 4.69) is 19.9 Å². The van der Waals surface area contributed by atoms with Gasteiger partial charge in [0.15, 0.2) is 11.5 Å². The number of benzene rings is 2. The van der Waals surface area contributed by atoms with Gasteiger partial charge < -0.3 is 23.6 Å². The Hall–Kier alpha value is -3.33. The maximum Gasteiger partial charge on any atom is 0.241 e. The maximum absolute atomic E-state index is 13.1. The molecule has 0 amide bonds. The highest BCUT2D eigenvalue weighted by atomic mass is 19.1. The number of nitrogens with zero attached hydrogens (tertiary/aromatic N) is 4. The fourth-order valence-corrected chi connectivity index (χ4v) is 3.71. The zero-order valence-electron chi connectivity index (χ0n) is 17.8. The van der Waals surface area contributed by atoms with Crippen LogP contribution in [-0.4, -0.2) is 62.5 Å². The first-order valence-electron chi connectivity index (χ1n) is 9.97. The van der Waals surface area contributed by atoms with Gasteiger partial charge in [0, 0.05) is 31.9 Å². The van der Waals surface area contributed by atoms with Crippen molar-refractivity contribution in [2.75, 3.05) is 52.4 Å². The Bertz CT molecular complexity index is 1020. The molecule has 164 valence electrons. The Kier molecular flexibility index (Phi) is 6.22. The van der Waals surface area contributed by atoms with Crippen LogP contribution in [0.4, 0.5) is 10.1 Å². The van der Waals surface area contributed by atoms with Gasteiger partial charge in [-0.25, -0.2) is 4.39 Å². The number of aromatic nitrogens is 2. The molecule has 3 aromatic rings. The number of rotatable bonds is 7. The highest BCUT2D eigenvalue weighted by Crippen LogP contribution is 2.43. The third-order valence-electron chi connectivity index (χ3n) is 5.34. The van der Waals surface area contributed by atoms with Gasteiger partial charge in [-0.15, -0.1) is 0 Å². The highest BCUT2D eigenvalue weighted by molar-refractivity contribution is 5.72. The van der Waals surface area contributed by atoms with E-state index in [1.165, 1.54) is 12.1 Å². The van der Waals surface area contributed by atoms with Crippen molar-refractivity contribution in [3.63, 3.8) is 0 Å². The normalized spacial score (nSPS) is 14.5. The molecule has 0 atom stereocenters. The molecule has 4 rings (SSSR count). The Labute approximate surface area is 180 Å². The molecule has 0 aliphatic carbocycles. The third-order valence-corrected chi connectivity index (χ3v) is 5.34. The Morgan fingerprint density at radius 2 is 1.61 bits per heavy atom. The number of piperazine rings is 1. The predicted molar refractivity (Wildman–Crippen MR) is 113 cm³/mol. The lowest BCUT2D eigenvalue weighted by molar-refractivity contribution is 0.215. The molecule has 0 unspecified atom stereocenters. The molecule has 0 spiro atoms. The summed E-state index contributed by atoms with van der Waals surface area (Å²) in [6.07, 6.45) is 0. The molecule has 1 aliphatic rings. The molecule has 31 heavy (non-hydrogen) atoms. The van der Waals surface area contributed by atoms with Crippen LogP contribution >= 0.6 is 0 Å². The van der Waals surface area contributed by atoms with Gasteiger partial charge in [-0.1, -0.05) is 5.16 Å². The second kappa shape index (κ2) is 9.22. The standard InChI is InChI=1S/C22H25FN4O4/c1-28-18-9-8-17(20(29-2)21(18)30-3)22-24-19(31-25-22)14-26-10-12-27(13-11-26)16-6-4-15(23)5-7-16/h4-9H,10-14H2,1-3H3. The number of halogens is 1. The third kappa shape index (κ3) is 4.41. The van der Waals surface area contributed by atoms with E-state index in [4.69, 9.17) is 18.7 Å². The summed E-state index contributed by atoms with van der Waals surface area (Å²) in [5.41, 5.74) is 1.69. The van der Waals surface area contributed by atoms with Crippen molar-refractivity contribution in [3.8, 4) is 28.6 Å². The molecular formula is C22H25FN4O4. The molecule has 2 heterocycles. The van der Waals surface area contributed by atoms with Crippen LogP contribution in [0.25, 0.3) is 11.4 Å². The average Bonchev–Trinajstić information content (AvgIpc) is 3.27. The van der Waals surface area contributed by atoms with Crippen LogP contribution < -0.4 is 19.1 Å². The minimum absolute atomic E-state index is 0.222. The molecule has 1 aromatic heterocycles. The molecule has 8 nitrogen and oxygen atoms in total. The summed E-state index contributed by atoms with van der Waals surface area (Å²) in [7, 11) is 4.68.